The number of hydrogen-bond acceptors (Lipinski definition) is 2. The largest absolute Gasteiger partial charge is 0.354 e. The summed E-state index contributed by atoms with van der Waals surface area (Å²) in [4.78, 5) is 12.1. The zero-order chi connectivity index (χ0) is 14.9. The fourth-order valence-electron chi connectivity index (χ4n) is 3.39. The molecule has 3 rings (SSSR count). The summed E-state index contributed by atoms with van der Waals surface area (Å²) in [7, 11) is 0. The van der Waals surface area contributed by atoms with Gasteiger partial charge in [0.2, 0.25) is 5.91 Å². The number of amides is 1. The maximum absolute atomic E-state index is 12.1. The molecule has 0 bridgehead atoms. The van der Waals surface area contributed by atoms with Gasteiger partial charge in [0.15, 0.2) is 0 Å². The first-order valence-corrected chi connectivity index (χ1v) is 8.25. The Hall–Kier alpha value is -0.770. The van der Waals surface area contributed by atoms with Crippen LogP contribution >= 0.6 is 24.0 Å². The Labute approximate surface area is 143 Å². The third-order valence-electron chi connectivity index (χ3n) is 5.10. The number of nitrogens with two attached hydrogens (primary N) is 1. The van der Waals surface area contributed by atoms with Crippen LogP contribution in [0.15, 0.2) is 24.3 Å². The van der Waals surface area contributed by atoms with E-state index in [1.54, 1.807) is 0 Å². The highest BCUT2D eigenvalue weighted by atomic mass is 35.5. The van der Waals surface area contributed by atoms with E-state index in [9.17, 15) is 4.79 Å². The van der Waals surface area contributed by atoms with Crippen LogP contribution in [0.2, 0.25) is 5.02 Å². The Morgan fingerprint density at radius 3 is 2.23 bits per heavy atom. The van der Waals surface area contributed by atoms with Gasteiger partial charge in [0.25, 0.3) is 0 Å². The van der Waals surface area contributed by atoms with Crippen molar-refractivity contribution in [3.05, 3.63) is 34.9 Å². The average molecular weight is 343 g/mol. The van der Waals surface area contributed by atoms with Gasteiger partial charge < -0.3 is 11.1 Å². The van der Waals surface area contributed by atoms with Gasteiger partial charge >= 0.3 is 0 Å². The van der Waals surface area contributed by atoms with E-state index in [2.05, 4.69) is 17.4 Å². The van der Waals surface area contributed by atoms with E-state index in [1.165, 1.54) is 24.8 Å². The van der Waals surface area contributed by atoms with Crippen molar-refractivity contribution in [2.45, 2.75) is 55.9 Å². The summed E-state index contributed by atoms with van der Waals surface area (Å²) in [6.07, 6.45) is 7.57. The molecule has 0 saturated heterocycles. The lowest BCUT2D eigenvalue weighted by Gasteiger charge is -2.38. The highest BCUT2D eigenvalue weighted by Crippen LogP contribution is 2.40. The maximum Gasteiger partial charge on any atom is 0.240 e. The maximum atomic E-state index is 12.1. The van der Waals surface area contributed by atoms with Crippen LogP contribution in [-0.4, -0.2) is 18.0 Å². The van der Waals surface area contributed by atoms with E-state index < -0.39 is 5.54 Å². The van der Waals surface area contributed by atoms with Crippen LogP contribution in [0.3, 0.4) is 0 Å². The van der Waals surface area contributed by atoms with Crippen molar-refractivity contribution < 1.29 is 4.79 Å². The smallest absolute Gasteiger partial charge is 0.240 e. The van der Waals surface area contributed by atoms with E-state index in [0.717, 1.165) is 30.7 Å². The molecule has 2 fully saturated rings. The fourth-order valence-corrected chi connectivity index (χ4v) is 3.51. The standard InChI is InChI=1S/C17H23ClN2O.ClH/c18-14-6-4-13(5-7-14)16(8-2-1-3-9-16)12-20-15(21)17(19)10-11-17;/h4-7H,1-3,8-12,19H2,(H,20,21);1H. The minimum absolute atomic E-state index is 0. The fraction of sp³-hybridized carbons (Fsp3) is 0.588. The third-order valence-corrected chi connectivity index (χ3v) is 5.35. The molecule has 5 heteroatoms. The topological polar surface area (TPSA) is 55.1 Å². The van der Waals surface area contributed by atoms with Gasteiger partial charge in [0.05, 0.1) is 5.54 Å². The Bertz CT molecular complexity index is 520. The van der Waals surface area contributed by atoms with Crippen molar-refractivity contribution in [2.24, 2.45) is 5.73 Å². The van der Waals surface area contributed by atoms with E-state index >= 15 is 0 Å². The van der Waals surface area contributed by atoms with Crippen LogP contribution in [0.25, 0.3) is 0 Å². The van der Waals surface area contributed by atoms with Crippen LogP contribution in [0.5, 0.6) is 0 Å². The van der Waals surface area contributed by atoms with Gasteiger partial charge in [-0.3, -0.25) is 4.79 Å². The molecule has 2 aliphatic rings. The van der Waals surface area contributed by atoms with Crippen LogP contribution < -0.4 is 11.1 Å². The predicted molar refractivity (Wildman–Crippen MR) is 92.6 cm³/mol. The molecule has 0 aliphatic heterocycles. The number of nitrogens with one attached hydrogen (secondary N) is 1. The minimum atomic E-state index is -0.587. The third kappa shape index (κ3) is 3.58. The SMILES string of the molecule is Cl.NC1(C(=O)NCC2(c3ccc(Cl)cc3)CCCCC2)CC1. The molecule has 1 aromatic rings. The number of carbonyl (C=O) groups is 1. The number of benzene rings is 1. The second kappa shape index (κ2) is 6.77. The highest BCUT2D eigenvalue weighted by molar-refractivity contribution is 6.30. The van der Waals surface area contributed by atoms with Crippen molar-refractivity contribution in [1.82, 2.24) is 5.32 Å². The number of hydrogen-bond donors (Lipinski definition) is 2. The van der Waals surface area contributed by atoms with Gasteiger partial charge in [-0.25, -0.2) is 0 Å². The van der Waals surface area contributed by atoms with Crippen molar-refractivity contribution >= 4 is 29.9 Å². The van der Waals surface area contributed by atoms with Gasteiger partial charge in [0.1, 0.15) is 0 Å². The summed E-state index contributed by atoms with van der Waals surface area (Å²) in [5, 5.41) is 3.87. The summed E-state index contributed by atoms with van der Waals surface area (Å²) < 4.78 is 0. The van der Waals surface area contributed by atoms with Gasteiger partial charge in [0, 0.05) is 17.0 Å². The lowest BCUT2D eigenvalue weighted by atomic mass is 9.69. The molecule has 3 nitrogen and oxygen atoms in total. The van der Waals surface area contributed by atoms with Gasteiger partial charge in [-0.1, -0.05) is 43.0 Å². The predicted octanol–water partition coefficient (Wildman–Crippen LogP) is 3.57. The number of carbonyl (C=O) groups excluding carboxylic acids is 1. The van der Waals surface area contributed by atoms with Crippen molar-refractivity contribution in [3.8, 4) is 0 Å². The zero-order valence-corrected chi connectivity index (χ0v) is 14.3. The molecule has 1 aromatic carbocycles. The first-order valence-electron chi connectivity index (χ1n) is 7.87. The molecule has 0 unspecified atom stereocenters. The highest BCUT2D eigenvalue weighted by Gasteiger charge is 2.46. The summed E-state index contributed by atoms with van der Waals surface area (Å²) >= 11 is 6.01. The zero-order valence-electron chi connectivity index (χ0n) is 12.7. The number of halogens is 2. The molecule has 0 atom stereocenters. The Morgan fingerprint density at radius 2 is 1.68 bits per heavy atom. The molecule has 122 valence electrons. The molecular weight excluding hydrogens is 319 g/mol. The monoisotopic (exact) mass is 342 g/mol. The van der Waals surface area contributed by atoms with Gasteiger partial charge in [-0.05, 0) is 43.4 Å². The lowest BCUT2D eigenvalue weighted by Crippen LogP contribution is -2.48. The summed E-state index contributed by atoms with van der Waals surface area (Å²) in [6.45, 7) is 0.687. The van der Waals surface area contributed by atoms with Crippen LogP contribution in [0.1, 0.15) is 50.5 Å². The van der Waals surface area contributed by atoms with Gasteiger partial charge in [-0.15, -0.1) is 12.4 Å². The molecule has 3 N–H and O–H groups in total. The second-order valence-electron chi connectivity index (χ2n) is 6.69. The van der Waals surface area contributed by atoms with E-state index in [4.69, 9.17) is 17.3 Å². The van der Waals surface area contributed by atoms with Crippen LogP contribution in [-0.2, 0) is 10.2 Å². The molecule has 2 saturated carbocycles. The molecule has 22 heavy (non-hydrogen) atoms. The van der Waals surface area contributed by atoms with Crippen molar-refractivity contribution in [2.75, 3.05) is 6.54 Å². The Kier molecular flexibility index (Phi) is 5.41. The number of rotatable bonds is 4. The first-order chi connectivity index (χ1) is 10.0. The van der Waals surface area contributed by atoms with Crippen LogP contribution in [0, 0.1) is 0 Å². The van der Waals surface area contributed by atoms with Gasteiger partial charge in [-0.2, -0.15) is 0 Å². The molecule has 0 radical (unpaired) electrons. The molecular formula is C17H24Cl2N2O. The minimum Gasteiger partial charge on any atom is -0.354 e. The molecule has 0 aromatic heterocycles. The Balaban J connectivity index is 0.00000176. The second-order valence-corrected chi connectivity index (χ2v) is 7.12. The van der Waals surface area contributed by atoms with Crippen molar-refractivity contribution in [3.63, 3.8) is 0 Å². The Morgan fingerprint density at radius 1 is 1.09 bits per heavy atom. The van der Waals surface area contributed by atoms with E-state index in [-0.39, 0.29) is 23.7 Å². The molecule has 1 amide bonds. The molecule has 2 aliphatic carbocycles. The molecule has 0 heterocycles. The lowest BCUT2D eigenvalue weighted by molar-refractivity contribution is -0.123. The normalized spacial score (nSPS) is 21.5. The summed E-state index contributed by atoms with van der Waals surface area (Å²) in [6, 6.07) is 8.10. The summed E-state index contributed by atoms with van der Waals surface area (Å²) in [5.74, 6) is 0.0152. The quantitative estimate of drug-likeness (QED) is 0.878. The van der Waals surface area contributed by atoms with E-state index in [1.807, 2.05) is 12.1 Å². The summed E-state index contributed by atoms with van der Waals surface area (Å²) in [5.41, 5.74) is 6.72. The van der Waals surface area contributed by atoms with Crippen LogP contribution in [0.4, 0.5) is 0 Å². The molecule has 0 spiro atoms. The van der Waals surface area contributed by atoms with Crippen molar-refractivity contribution in [1.29, 1.82) is 0 Å². The first kappa shape index (κ1) is 17.6. The van der Waals surface area contributed by atoms with E-state index in [0.29, 0.717) is 6.54 Å². The average Bonchev–Trinajstić information content (AvgIpc) is 3.25.